The van der Waals surface area contributed by atoms with Gasteiger partial charge in [0.15, 0.2) is 0 Å². The molecule has 0 unspecified atom stereocenters. The van der Waals surface area contributed by atoms with Gasteiger partial charge in [0.05, 0.1) is 19.2 Å². The highest BCUT2D eigenvalue weighted by Crippen LogP contribution is 2.26. The van der Waals surface area contributed by atoms with E-state index in [0.29, 0.717) is 23.9 Å². The SMILES string of the molecule is CCCCC(=O)NCc1nc(-c2ccccc2OC)no1. The van der Waals surface area contributed by atoms with Crippen LogP contribution < -0.4 is 10.1 Å². The average molecular weight is 289 g/mol. The maximum atomic E-state index is 11.5. The van der Waals surface area contributed by atoms with Crippen molar-refractivity contribution in [3.05, 3.63) is 30.2 Å². The van der Waals surface area contributed by atoms with Gasteiger partial charge in [-0.25, -0.2) is 0 Å². The topological polar surface area (TPSA) is 77.2 Å². The minimum atomic E-state index is -0.00566. The van der Waals surface area contributed by atoms with E-state index in [0.717, 1.165) is 18.4 Å². The zero-order chi connectivity index (χ0) is 15.1. The van der Waals surface area contributed by atoms with Gasteiger partial charge in [-0.2, -0.15) is 4.98 Å². The lowest BCUT2D eigenvalue weighted by molar-refractivity contribution is -0.121. The van der Waals surface area contributed by atoms with Crippen LogP contribution in [0.25, 0.3) is 11.4 Å². The fraction of sp³-hybridized carbons (Fsp3) is 0.400. The van der Waals surface area contributed by atoms with Crippen molar-refractivity contribution in [1.29, 1.82) is 0 Å². The molecular weight excluding hydrogens is 270 g/mol. The molecule has 2 aromatic rings. The van der Waals surface area contributed by atoms with E-state index in [9.17, 15) is 4.79 Å². The minimum Gasteiger partial charge on any atom is -0.496 e. The summed E-state index contributed by atoms with van der Waals surface area (Å²) in [6.45, 7) is 2.29. The lowest BCUT2D eigenvalue weighted by Crippen LogP contribution is -2.22. The normalized spacial score (nSPS) is 10.4. The minimum absolute atomic E-state index is 0.00566. The summed E-state index contributed by atoms with van der Waals surface area (Å²) in [4.78, 5) is 15.8. The number of ether oxygens (including phenoxy) is 1. The molecule has 6 nitrogen and oxygen atoms in total. The number of amides is 1. The maximum Gasteiger partial charge on any atom is 0.246 e. The first-order valence-corrected chi connectivity index (χ1v) is 6.97. The van der Waals surface area contributed by atoms with Crippen molar-refractivity contribution in [2.45, 2.75) is 32.7 Å². The zero-order valence-corrected chi connectivity index (χ0v) is 12.3. The molecule has 0 atom stereocenters. The molecule has 1 heterocycles. The van der Waals surface area contributed by atoms with Crippen LogP contribution in [-0.2, 0) is 11.3 Å². The van der Waals surface area contributed by atoms with E-state index in [1.165, 1.54) is 0 Å². The third-order valence-corrected chi connectivity index (χ3v) is 3.01. The van der Waals surface area contributed by atoms with Gasteiger partial charge >= 0.3 is 0 Å². The van der Waals surface area contributed by atoms with E-state index in [-0.39, 0.29) is 12.5 Å². The van der Waals surface area contributed by atoms with E-state index < -0.39 is 0 Å². The van der Waals surface area contributed by atoms with Crippen LogP contribution in [0, 0.1) is 0 Å². The first-order chi connectivity index (χ1) is 10.2. The number of para-hydroxylation sites is 1. The Hall–Kier alpha value is -2.37. The van der Waals surface area contributed by atoms with Crippen LogP contribution in [0.4, 0.5) is 0 Å². The van der Waals surface area contributed by atoms with Crippen LogP contribution in [0.3, 0.4) is 0 Å². The van der Waals surface area contributed by atoms with Crippen molar-refractivity contribution in [2.75, 3.05) is 7.11 Å². The Morgan fingerprint density at radius 1 is 1.38 bits per heavy atom. The Balaban J connectivity index is 2.00. The average Bonchev–Trinajstić information content (AvgIpc) is 2.99. The molecule has 0 spiro atoms. The molecule has 1 aromatic heterocycles. The molecule has 6 heteroatoms. The van der Waals surface area contributed by atoms with Gasteiger partial charge in [0.25, 0.3) is 0 Å². The van der Waals surface area contributed by atoms with Gasteiger partial charge in [-0.1, -0.05) is 30.6 Å². The summed E-state index contributed by atoms with van der Waals surface area (Å²) in [5.74, 6) is 1.50. The Bertz CT molecular complexity index is 595. The molecule has 0 aliphatic rings. The first kappa shape index (κ1) is 15.0. The highest BCUT2D eigenvalue weighted by atomic mass is 16.5. The number of benzene rings is 1. The standard InChI is InChI=1S/C15H19N3O3/c1-3-4-9-13(19)16-10-14-17-15(18-21-14)11-7-5-6-8-12(11)20-2/h5-8H,3-4,9-10H2,1-2H3,(H,16,19). The number of nitrogens with zero attached hydrogens (tertiary/aromatic N) is 2. The molecule has 0 saturated carbocycles. The van der Waals surface area contributed by atoms with Gasteiger partial charge in [0.1, 0.15) is 5.75 Å². The van der Waals surface area contributed by atoms with Crippen LogP contribution in [-0.4, -0.2) is 23.2 Å². The molecular formula is C15H19N3O3. The van der Waals surface area contributed by atoms with E-state index in [1.807, 2.05) is 31.2 Å². The molecule has 112 valence electrons. The van der Waals surface area contributed by atoms with Gasteiger partial charge in [-0.05, 0) is 18.6 Å². The van der Waals surface area contributed by atoms with E-state index >= 15 is 0 Å². The predicted octanol–water partition coefficient (Wildman–Crippen LogP) is 2.55. The van der Waals surface area contributed by atoms with Crippen LogP contribution in [0.5, 0.6) is 5.75 Å². The molecule has 0 aliphatic carbocycles. The molecule has 0 fully saturated rings. The summed E-state index contributed by atoms with van der Waals surface area (Å²) < 4.78 is 10.4. The summed E-state index contributed by atoms with van der Waals surface area (Å²) in [6, 6.07) is 7.43. The summed E-state index contributed by atoms with van der Waals surface area (Å²) in [5, 5.41) is 6.68. The van der Waals surface area contributed by atoms with Crippen molar-refractivity contribution in [3.8, 4) is 17.1 Å². The first-order valence-electron chi connectivity index (χ1n) is 6.97. The Kier molecular flexibility index (Phi) is 5.31. The van der Waals surface area contributed by atoms with E-state index in [4.69, 9.17) is 9.26 Å². The number of hydrogen-bond donors (Lipinski definition) is 1. The Morgan fingerprint density at radius 3 is 2.95 bits per heavy atom. The number of aromatic nitrogens is 2. The Labute approximate surface area is 123 Å². The van der Waals surface area contributed by atoms with Crippen molar-refractivity contribution >= 4 is 5.91 Å². The number of nitrogens with one attached hydrogen (secondary N) is 1. The number of carbonyl (C=O) groups excluding carboxylic acids is 1. The fourth-order valence-electron chi connectivity index (χ4n) is 1.87. The summed E-state index contributed by atoms with van der Waals surface area (Å²) >= 11 is 0. The molecule has 1 N–H and O–H groups in total. The molecule has 0 aliphatic heterocycles. The lowest BCUT2D eigenvalue weighted by atomic mass is 10.2. The van der Waals surface area contributed by atoms with Gasteiger partial charge < -0.3 is 14.6 Å². The second-order valence-corrected chi connectivity index (χ2v) is 4.59. The third-order valence-electron chi connectivity index (χ3n) is 3.01. The smallest absolute Gasteiger partial charge is 0.246 e. The second kappa shape index (κ2) is 7.42. The Morgan fingerprint density at radius 2 is 2.19 bits per heavy atom. The van der Waals surface area contributed by atoms with E-state index in [2.05, 4.69) is 15.5 Å². The largest absolute Gasteiger partial charge is 0.496 e. The number of rotatable bonds is 7. The van der Waals surface area contributed by atoms with Gasteiger partial charge in [0, 0.05) is 6.42 Å². The van der Waals surface area contributed by atoms with Crippen LogP contribution >= 0.6 is 0 Å². The molecule has 0 radical (unpaired) electrons. The molecule has 1 amide bonds. The highest BCUT2D eigenvalue weighted by Gasteiger charge is 2.13. The van der Waals surface area contributed by atoms with Crippen molar-refractivity contribution in [3.63, 3.8) is 0 Å². The van der Waals surface area contributed by atoms with Crippen LogP contribution in [0.15, 0.2) is 28.8 Å². The van der Waals surface area contributed by atoms with Crippen molar-refractivity contribution in [1.82, 2.24) is 15.5 Å². The summed E-state index contributed by atoms with van der Waals surface area (Å²) in [6.07, 6.45) is 2.39. The van der Waals surface area contributed by atoms with Crippen molar-refractivity contribution in [2.24, 2.45) is 0 Å². The summed E-state index contributed by atoms with van der Waals surface area (Å²) in [5.41, 5.74) is 0.757. The van der Waals surface area contributed by atoms with Crippen molar-refractivity contribution < 1.29 is 14.1 Å². The predicted molar refractivity (Wildman–Crippen MR) is 77.7 cm³/mol. The maximum absolute atomic E-state index is 11.5. The van der Waals surface area contributed by atoms with Gasteiger partial charge in [-0.15, -0.1) is 0 Å². The highest BCUT2D eigenvalue weighted by molar-refractivity contribution is 5.75. The number of carbonyl (C=O) groups is 1. The summed E-state index contributed by atoms with van der Waals surface area (Å²) in [7, 11) is 1.59. The molecule has 0 bridgehead atoms. The van der Waals surface area contributed by atoms with E-state index in [1.54, 1.807) is 7.11 Å². The molecule has 0 saturated heterocycles. The quantitative estimate of drug-likeness (QED) is 0.847. The number of hydrogen-bond acceptors (Lipinski definition) is 5. The second-order valence-electron chi connectivity index (χ2n) is 4.59. The fourth-order valence-corrected chi connectivity index (χ4v) is 1.87. The molecule has 21 heavy (non-hydrogen) atoms. The van der Waals surface area contributed by atoms with Gasteiger partial charge in [-0.3, -0.25) is 4.79 Å². The zero-order valence-electron chi connectivity index (χ0n) is 12.3. The lowest BCUT2D eigenvalue weighted by Gasteiger charge is -2.03. The van der Waals surface area contributed by atoms with Crippen LogP contribution in [0.1, 0.15) is 32.1 Å². The van der Waals surface area contributed by atoms with Gasteiger partial charge in [0.2, 0.25) is 17.6 Å². The number of methoxy groups -OCH3 is 1. The number of unbranched alkanes of at least 4 members (excludes halogenated alkanes) is 1. The molecule has 1 aromatic carbocycles. The monoisotopic (exact) mass is 289 g/mol. The molecule has 2 rings (SSSR count). The third kappa shape index (κ3) is 4.05. The van der Waals surface area contributed by atoms with Crippen LogP contribution in [0.2, 0.25) is 0 Å².